The maximum Gasteiger partial charge on any atom is 0.0843 e. The van der Waals surface area contributed by atoms with Crippen LogP contribution in [-0.2, 0) is 13.1 Å². The van der Waals surface area contributed by atoms with Gasteiger partial charge in [-0.3, -0.25) is 9.58 Å². The van der Waals surface area contributed by atoms with Gasteiger partial charge in [-0.15, -0.1) is 0 Å². The Balaban J connectivity index is 1.84. The maximum absolute atomic E-state index is 5.66. The van der Waals surface area contributed by atoms with Gasteiger partial charge < -0.3 is 5.73 Å². The first-order valence-corrected chi connectivity index (χ1v) is 6.68. The van der Waals surface area contributed by atoms with Crippen molar-refractivity contribution in [1.29, 1.82) is 0 Å². The zero-order valence-electron chi connectivity index (χ0n) is 10.8. The lowest BCUT2D eigenvalue weighted by Gasteiger charge is -2.38. The topological polar surface area (TPSA) is 47.1 Å². The maximum atomic E-state index is 5.66. The largest absolute Gasteiger partial charge is 0.330 e. The number of nitrogens with two attached hydrogens (primary N) is 1. The van der Waals surface area contributed by atoms with E-state index in [0.717, 1.165) is 32.7 Å². The van der Waals surface area contributed by atoms with Gasteiger partial charge in [0.25, 0.3) is 0 Å². The lowest BCUT2D eigenvalue weighted by atomic mass is 10.0. The highest BCUT2D eigenvalue weighted by Crippen LogP contribution is 2.23. The lowest BCUT2D eigenvalue weighted by Crippen LogP contribution is -2.49. The Kier molecular flexibility index (Phi) is 3.06. The van der Waals surface area contributed by atoms with Crippen LogP contribution in [0.2, 0.25) is 0 Å². The first-order valence-electron chi connectivity index (χ1n) is 6.68. The number of hydrogen-bond donors (Lipinski definition) is 1. The molecular weight excluding hydrogens is 224 g/mol. The van der Waals surface area contributed by atoms with Crippen molar-refractivity contribution in [2.75, 3.05) is 19.6 Å². The summed E-state index contributed by atoms with van der Waals surface area (Å²) in [7, 11) is 0. The number of aromatic nitrogens is 2. The second kappa shape index (κ2) is 4.71. The fourth-order valence-corrected chi connectivity index (χ4v) is 2.72. The van der Waals surface area contributed by atoms with E-state index in [2.05, 4.69) is 40.8 Å². The summed E-state index contributed by atoms with van der Waals surface area (Å²) in [5.41, 5.74) is 8.10. The predicted molar refractivity (Wildman–Crippen MR) is 73.2 cm³/mol. The molecule has 0 unspecified atom stereocenters. The molecule has 0 atom stereocenters. The van der Waals surface area contributed by atoms with Crippen molar-refractivity contribution in [3.05, 3.63) is 30.0 Å². The monoisotopic (exact) mass is 244 g/mol. The van der Waals surface area contributed by atoms with E-state index in [0.29, 0.717) is 5.92 Å². The summed E-state index contributed by atoms with van der Waals surface area (Å²) in [6, 6.07) is 8.48. The molecule has 1 fully saturated rings. The highest BCUT2D eigenvalue weighted by Gasteiger charge is 2.26. The van der Waals surface area contributed by atoms with Crippen LogP contribution in [0.3, 0.4) is 0 Å². The molecule has 0 spiro atoms. The van der Waals surface area contributed by atoms with Gasteiger partial charge in [0.2, 0.25) is 0 Å². The van der Waals surface area contributed by atoms with Gasteiger partial charge >= 0.3 is 0 Å². The highest BCUT2D eigenvalue weighted by atomic mass is 15.3. The summed E-state index contributed by atoms with van der Waals surface area (Å²) < 4.78 is 2.09. The minimum absolute atomic E-state index is 0.685. The molecule has 2 N–H and O–H groups in total. The van der Waals surface area contributed by atoms with E-state index in [1.807, 2.05) is 0 Å². The van der Waals surface area contributed by atoms with E-state index in [9.17, 15) is 0 Å². The number of fused-ring (bicyclic) bond motifs is 1. The van der Waals surface area contributed by atoms with Crippen LogP contribution in [0.15, 0.2) is 24.3 Å². The standard InChI is InChI=1S/C14H20N4/c1-2-18-14-6-4-3-5-12(14)13(16-18)10-17-8-11(7-15)9-17/h3-6,11H,2,7-10,15H2,1H3. The number of hydrogen-bond acceptors (Lipinski definition) is 3. The fourth-order valence-electron chi connectivity index (χ4n) is 2.72. The highest BCUT2D eigenvalue weighted by molar-refractivity contribution is 5.81. The molecule has 2 heterocycles. The molecule has 4 heteroatoms. The number of rotatable bonds is 4. The third kappa shape index (κ3) is 1.91. The summed E-state index contributed by atoms with van der Waals surface area (Å²) in [5, 5.41) is 6.01. The average molecular weight is 244 g/mol. The van der Waals surface area contributed by atoms with Crippen molar-refractivity contribution in [2.24, 2.45) is 11.7 Å². The van der Waals surface area contributed by atoms with Crippen LogP contribution in [0.5, 0.6) is 0 Å². The predicted octanol–water partition coefficient (Wildman–Crippen LogP) is 1.45. The molecule has 0 bridgehead atoms. The van der Waals surface area contributed by atoms with Gasteiger partial charge in [-0.1, -0.05) is 18.2 Å². The van der Waals surface area contributed by atoms with Gasteiger partial charge in [-0.2, -0.15) is 5.10 Å². The molecular formula is C14H20N4. The summed E-state index contributed by atoms with van der Waals surface area (Å²) in [5.74, 6) is 0.685. The molecule has 0 radical (unpaired) electrons. The lowest BCUT2D eigenvalue weighted by molar-refractivity contribution is 0.0967. The first-order chi connectivity index (χ1) is 8.81. The Morgan fingerprint density at radius 1 is 1.33 bits per heavy atom. The van der Waals surface area contributed by atoms with Crippen molar-refractivity contribution in [3.8, 4) is 0 Å². The van der Waals surface area contributed by atoms with Crippen molar-refractivity contribution < 1.29 is 0 Å². The summed E-state index contributed by atoms with van der Waals surface area (Å²) in [4.78, 5) is 2.42. The summed E-state index contributed by atoms with van der Waals surface area (Å²) in [6.45, 7) is 7.04. The molecule has 0 saturated carbocycles. The van der Waals surface area contributed by atoms with E-state index < -0.39 is 0 Å². The molecule has 1 aromatic carbocycles. The molecule has 96 valence electrons. The molecule has 0 amide bonds. The van der Waals surface area contributed by atoms with Crippen LogP contribution in [-0.4, -0.2) is 34.3 Å². The normalized spacial score (nSPS) is 17.2. The van der Waals surface area contributed by atoms with E-state index in [4.69, 9.17) is 10.8 Å². The SMILES string of the molecule is CCn1nc(CN2CC(CN)C2)c2ccccc21. The van der Waals surface area contributed by atoms with Crippen LogP contribution in [0.25, 0.3) is 10.9 Å². The van der Waals surface area contributed by atoms with Gasteiger partial charge in [-0.25, -0.2) is 0 Å². The molecule has 2 aromatic rings. The molecule has 1 aliphatic heterocycles. The van der Waals surface area contributed by atoms with Crippen LogP contribution >= 0.6 is 0 Å². The fraction of sp³-hybridized carbons (Fsp3) is 0.500. The van der Waals surface area contributed by atoms with Crippen LogP contribution < -0.4 is 5.73 Å². The van der Waals surface area contributed by atoms with Crippen LogP contribution in [0, 0.1) is 5.92 Å². The zero-order chi connectivity index (χ0) is 12.5. The van der Waals surface area contributed by atoms with E-state index >= 15 is 0 Å². The van der Waals surface area contributed by atoms with Gasteiger partial charge in [-0.05, 0) is 25.5 Å². The quantitative estimate of drug-likeness (QED) is 0.885. The van der Waals surface area contributed by atoms with Crippen molar-refractivity contribution >= 4 is 10.9 Å². The minimum Gasteiger partial charge on any atom is -0.330 e. The average Bonchev–Trinajstić information content (AvgIpc) is 2.71. The Bertz CT molecular complexity index is 540. The number of para-hydroxylation sites is 1. The number of benzene rings is 1. The Morgan fingerprint density at radius 2 is 2.11 bits per heavy atom. The second-order valence-electron chi connectivity index (χ2n) is 5.08. The van der Waals surface area contributed by atoms with Crippen LogP contribution in [0.1, 0.15) is 12.6 Å². The van der Waals surface area contributed by atoms with E-state index in [-0.39, 0.29) is 0 Å². The summed E-state index contributed by atoms with van der Waals surface area (Å²) in [6.07, 6.45) is 0. The Labute approximate surface area is 107 Å². The van der Waals surface area contributed by atoms with Crippen LogP contribution in [0.4, 0.5) is 0 Å². The van der Waals surface area contributed by atoms with Gasteiger partial charge in [0.15, 0.2) is 0 Å². The molecule has 18 heavy (non-hydrogen) atoms. The number of likely N-dealkylation sites (tertiary alicyclic amines) is 1. The van der Waals surface area contributed by atoms with E-state index in [1.165, 1.54) is 16.6 Å². The molecule has 1 saturated heterocycles. The number of aryl methyl sites for hydroxylation is 1. The van der Waals surface area contributed by atoms with Crippen molar-refractivity contribution in [1.82, 2.24) is 14.7 Å². The molecule has 1 aromatic heterocycles. The molecule has 4 nitrogen and oxygen atoms in total. The van der Waals surface area contributed by atoms with Gasteiger partial charge in [0.1, 0.15) is 0 Å². The molecule has 3 rings (SSSR count). The third-order valence-corrected chi connectivity index (χ3v) is 3.77. The minimum atomic E-state index is 0.685. The smallest absolute Gasteiger partial charge is 0.0843 e. The van der Waals surface area contributed by atoms with E-state index in [1.54, 1.807) is 0 Å². The second-order valence-corrected chi connectivity index (χ2v) is 5.08. The molecule has 0 aliphatic carbocycles. The van der Waals surface area contributed by atoms with Gasteiger partial charge in [0, 0.05) is 31.6 Å². The zero-order valence-corrected chi connectivity index (χ0v) is 10.8. The molecule has 1 aliphatic rings. The summed E-state index contributed by atoms with van der Waals surface area (Å²) >= 11 is 0. The van der Waals surface area contributed by atoms with Crippen molar-refractivity contribution in [2.45, 2.75) is 20.0 Å². The Hall–Kier alpha value is -1.39. The first kappa shape index (κ1) is 11.7. The van der Waals surface area contributed by atoms with Gasteiger partial charge in [0.05, 0.1) is 11.2 Å². The number of nitrogens with zero attached hydrogens (tertiary/aromatic N) is 3. The van der Waals surface area contributed by atoms with Crippen molar-refractivity contribution in [3.63, 3.8) is 0 Å². The third-order valence-electron chi connectivity index (χ3n) is 3.77. The Morgan fingerprint density at radius 3 is 2.83 bits per heavy atom.